The summed E-state index contributed by atoms with van der Waals surface area (Å²) >= 11 is 4.89. The van der Waals surface area contributed by atoms with E-state index in [0.717, 1.165) is 11.8 Å². The molecule has 14 heteroatoms. The third-order valence-corrected chi connectivity index (χ3v) is 6.11. The molecule has 10 nitrogen and oxygen atoms in total. The molecular weight excluding hydrogens is 446 g/mol. The molecule has 0 aliphatic heterocycles. The number of oxime groups is 2. The van der Waals surface area contributed by atoms with Crippen molar-refractivity contribution in [2.45, 2.75) is 6.92 Å². The summed E-state index contributed by atoms with van der Waals surface area (Å²) in [5.74, 6) is 0.716. The number of amides is 3. The fraction of sp³-hybridized carbons (Fsp3) is 0.643. The van der Waals surface area contributed by atoms with Crippen LogP contribution in [0.2, 0.25) is 0 Å². The summed E-state index contributed by atoms with van der Waals surface area (Å²) in [6, 6.07) is 0. The number of carbonyl (C=O) groups excluding carboxylic acids is 3. The van der Waals surface area contributed by atoms with E-state index in [1.54, 1.807) is 34.3 Å². The number of hydrogen-bond acceptors (Lipinski definition) is 11. The van der Waals surface area contributed by atoms with Crippen LogP contribution in [-0.2, 0) is 14.5 Å². The number of thioether (sulfide) groups is 2. The molecule has 160 valence electrons. The van der Waals surface area contributed by atoms with Crippen molar-refractivity contribution in [1.29, 1.82) is 0 Å². The van der Waals surface area contributed by atoms with Gasteiger partial charge in [0.05, 0.1) is 0 Å². The van der Waals surface area contributed by atoms with Gasteiger partial charge < -0.3 is 4.90 Å². The maximum atomic E-state index is 11.9. The average molecular weight is 472 g/mol. The van der Waals surface area contributed by atoms with E-state index in [9.17, 15) is 14.4 Å². The predicted molar refractivity (Wildman–Crippen MR) is 120 cm³/mol. The minimum atomic E-state index is -0.706. The fourth-order valence-corrected chi connectivity index (χ4v) is 3.15. The Morgan fingerprint density at radius 1 is 0.821 bits per heavy atom. The quantitative estimate of drug-likeness (QED) is 0.138. The summed E-state index contributed by atoms with van der Waals surface area (Å²) in [6.45, 7) is 1.74. The van der Waals surface area contributed by atoms with Gasteiger partial charge in [-0.2, -0.15) is 0 Å². The van der Waals surface area contributed by atoms with Gasteiger partial charge in [0.15, 0.2) is 0 Å². The lowest BCUT2D eigenvalue weighted by molar-refractivity contribution is -0.121. The van der Waals surface area contributed by atoms with Crippen LogP contribution in [-0.4, -0.2) is 93.9 Å². The first-order chi connectivity index (χ1) is 13.1. The molecule has 0 atom stereocenters. The lowest BCUT2D eigenvalue weighted by Crippen LogP contribution is -2.29. The number of hydrogen-bond donors (Lipinski definition) is 0. The molecular formula is C14H25N5O5S4. The highest BCUT2D eigenvalue weighted by Crippen LogP contribution is 2.15. The molecule has 0 spiro atoms. The van der Waals surface area contributed by atoms with Gasteiger partial charge in [-0.25, -0.2) is 9.59 Å². The Morgan fingerprint density at radius 2 is 1.29 bits per heavy atom. The van der Waals surface area contributed by atoms with Crippen LogP contribution in [0.5, 0.6) is 0 Å². The summed E-state index contributed by atoms with van der Waals surface area (Å²) in [5.41, 5.74) is 0. The summed E-state index contributed by atoms with van der Waals surface area (Å²) in [6.07, 6.45) is 2.21. The zero-order valence-electron chi connectivity index (χ0n) is 16.8. The third-order valence-electron chi connectivity index (χ3n) is 2.70. The van der Waals surface area contributed by atoms with Crippen molar-refractivity contribution in [2.75, 3.05) is 52.2 Å². The van der Waals surface area contributed by atoms with E-state index < -0.39 is 12.2 Å². The number of nitrogens with zero attached hydrogens (tertiary/aromatic N) is 5. The van der Waals surface area contributed by atoms with Gasteiger partial charge in [-0.1, -0.05) is 10.3 Å². The molecule has 0 aromatic heterocycles. The fourth-order valence-electron chi connectivity index (χ4n) is 1.14. The second kappa shape index (κ2) is 14.7. The lowest BCUT2D eigenvalue weighted by atomic mass is 10.6. The van der Waals surface area contributed by atoms with Crippen LogP contribution in [0.15, 0.2) is 10.3 Å². The summed E-state index contributed by atoms with van der Waals surface area (Å²) in [4.78, 5) is 46.3. The maximum absolute atomic E-state index is 11.9. The van der Waals surface area contributed by atoms with Crippen molar-refractivity contribution in [2.24, 2.45) is 10.3 Å². The molecule has 0 saturated carbocycles. The molecule has 0 heterocycles. The van der Waals surface area contributed by atoms with Gasteiger partial charge in [-0.15, -0.1) is 23.5 Å². The molecule has 0 fully saturated rings. The highest BCUT2D eigenvalue weighted by molar-refractivity contribution is 8.15. The molecule has 0 aromatic carbocycles. The van der Waals surface area contributed by atoms with Gasteiger partial charge in [-0.3, -0.25) is 23.1 Å². The van der Waals surface area contributed by atoms with E-state index in [4.69, 9.17) is 9.68 Å². The van der Waals surface area contributed by atoms with E-state index in [-0.39, 0.29) is 11.0 Å². The second-order valence-corrected chi connectivity index (χ2v) is 9.21. The van der Waals surface area contributed by atoms with Crippen molar-refractivity contribution in [1.82, 2.24) is 13.5 Å². The molecule has 3 amide bonds. The minimum Gasteiger partial charge on any atom is -0.343 e. The van der Waals surface area contributed by atoms with Crippen LogP contribution in [0, 0.1) is 0 Å². The topological polar surface area (TPSA) is 104 Å². The SMILES string of the molecule is CSC(C)=NOC(=O)N(C)SCCSN(C)C(=O)ON=C(SC)C(=O)N(C)C. The molecule has 28 heavy (non-hydrogen) atoms. The average Bonchev–Trinajstić information content (AvgIpc) is 2.68. The van der Waals surface area contributed by atoms with E-state index in [1.165, 1.54) is 56.2 Å². The molecule has 0 aromatic rings. The van der Waals surface area contributed by atoms with E-state index in [2.05, 4.69) is 10.3 Å². The van der Waals surface area contributed by atoms with Gasteiger partial charge in [-0.05, 0) is 43.3 Å². The van der Waals surface area contributed by atoms with Gasteiger partial charge in [0, 0.05) is 39.7 Å². The van der Waals surface area contributed by atoms with Crippen molar-refractivity contribution < 1.29 is 24.1 Å². The van der Waals surface area contributed by atoms with Crippen LogP contribution < -0.4 is 0 Å². The van der Waals surface area contributed by atoms with Crippen LogP contribution in [0.1, 0.15) is 6.92 Å². The Kier molecular flexibility index (Phi) is 14.0. The summed E-state index contributed by atoms with van der Waals surface area (Å²) < 4.78 is 2.57. The number of carbonyl (C=O) groups is 3. The molecule has 0 radical (unpaired) electrons. The monoisotopic (exact) mass is 471 g/mol. The Morgan fingerprint density at radius 3 is 1.68 bits per heavy atom. The minimum absolute atomic E-state index is 0.0758. The number of rotatable bonds is 7. The maximum Gasteiger partial charge on any atom is 0.445 e. The van der Waals surface area contributed by atoms with Crippen LogP contribution >= 0.6 is 47.4 Å². The molecule has 0 bridgehead atoms. The largest absolute Gasteiger partial charge is 0.445 e. The molecule has 0 aliphatic carbocycles. The Labute approximate surface area is 182 Å². The third kappa shape index (κ3) is 10.9. The van der Waals surface area contributed by atoms with E-state index in [1.807, 2.05) is 6.26 Å². The highest BCUT2D eigenvalue weighted by atomic mass is 32.2. The first kappa shape index (κ1) is 26.8. The first-order valence-corrected chi connectivity index (χ1v) is 12.0. The Bertz CT molecular complexity index is 603. The van der Waals surface area contributed by atoms with E-state index in [0.29, 0.717) is 16.5 Å². The molecule has 0 saturated heterocycles. The van der Waals surface area contributed by atoms with Crippen LogP contribution in [0.3, 0.4) is 0 Å². The molecule has 0 unspecified atom stereocenters. The van der Waals surface area contributed by atoms with Crippen LogP contribution in [0.4, 0.5) is 9.59 Å². The summed E-state index contributed by atoms with van der Waals surface area (Å²) in [7, 11) is 6.26. The van der Waals surface area contributed by atoms with Crippen molar-refractivity contribution in [3.63, 3.8) is 0 Å². The Hall–Kier alpha value is -1.25. The Balaban J connectivity index is 4.27. The second-order valence-electron chi connectivity index (χ2n) is 4.99. The molecule has 0 rings (SSSR count). The van der Waals surface area contributed by atoms with Gasteiger partial charge in [0.25, 0.3) is 5.91 Å². The normalized spacial score (nSPS) is 11.7. The zero-order valence-corrected chi connectivity index (χ0v) is 20.1. The van der Waals surface area contributed by atoms with Crippen LogP contribution in [0.25, 0.3) is 0 Å². The predicted octanol–water partition coefficient (Wildman–Crippen LogP) is 2.88. The molecule has 0 N–H and O–H groups in total. The summed E-state index contributed by atoms with van der Waals surface area (Å²) in [5, 5.41) is 7.98. The van der Waals surface area contributed by atoms with Gasteiger partial charge >= 0.3 is 12.2 Å². The molecule has 0 aliphatic rings. The standard InChI is InChI=1S/C14H25N5O5S4/c1-10(25-6)15-23-13(21)18(4)27-8-9-28-19(5)14(22)24-16-11(26-7)12(20)17(2)3/h8-9H2,1-7H3. The zero-order chi connectivity index (χ0) is 21.7. The van der Waals surface area contributed by atoms with Crippen molar-refractivity contribution >= 4 is 75.6 Å². The first-order valence-electron chi connectivity index (χ1n) is 7.71. The van der Waals surface area contributed by atoms with E-state index >= 15 is 0 Å². The smallest absolute Gasteiger partial charge is 0.343 e. The lowest BCUT2D eigenvalue weighted by Gasteiger charge is -2.16. The highest BCUT2D eigenvalue weighted by Gasteiger charge is 2.17. The van der Waals surface area contributed by atoms with Crippen molar-refractivity contribution in [3.05, 3.63) is 0 Å². The van der Waals surface area contributed by atoms with Gasteiger partial charge in [0.2, 0.25) is 5.04 Å². The van der Waals surface area contributed by atoms with Gasteiger partial charge in [0.1, 0.15) is 5.04 Å². The van der Waals surface area contributed by atoms with Crippen molar-refractivity contribution in [3.8, 4) is 0 Å².